The number of aliphatic hydroxyl groups excluding tert-OH is 1. The summed E-state index contributed by atoms with van der Waals surface area (Å²) in [5.41, 5.74) is 0. The first-order chi connectivity index (χ1) is 13.8. The quantitative estimate of drug-likeness (QED) is 0.146. The van der Waals surface area contributed by atoms with Gasteiger partial charge in [0.25, 0.3) is 0 Å². The molecule has 0 aliphatic carbocycles. The summed E-state index contributed by atoms with van der Waals surface area (Å²) in [6, 6.07) is 0. The van der Waals surface area contributed by atoms with E-state index >= 15 is 0 Å². The summed E-state index contributed by atoms with van der Waals surface area (Å²) in [4.78, 5) is 0. The molecule has 0 fully saturated rings. The molecule has 2 N–H and O–H groups in total. The number of unbranched alkanes of at least 4 members (excludes halogenated alkanes) is 12. The molecule has 1 rings (SSSR count). The van der Waals surface area contributed by atoms with Crippen LogP contribution in [-0.4, -0.2) is 35.5 Å². The Morgan fingerprint density at radius 1 is 0.821 bits per heavy atom. The summed E-state index contributed by atoms with van der Waals surface area (Å²) >= 11 is 0. The SMILES string of the molecule is CCCCCCCCC/C=C/CCCCCCCC1NC=C[N+]1(CC)CCO. The molecule has 1 aliphatic rings. The van der Waals surface area contributed by atoms with Crippen molar-refractivity contribution in [3.63, 3.8) is 0 Å². The summed E-state index contributed by atoms with van der Waals surface area (Å²) in [6.07, 6.45) is 29.9. The van der Waals surface area contributed by atoms with Gasteiger partial charge < -0.3 is 10.4 Å². The molecule has 28 heavy (non-hydrogen) atoms. The minimum Gasteiger partial charge on any atom is -0.390 e. The van der Waals surface area contributed by atoms with Crippen molar-refractivity contribution in [1.82, 2.24) is 5.32 Å². The van der Waals surface area contributed by atoms with E-state index in [1.165, 1.54) is 96.3 Å². The number of hydrogen-bond donors (Lipinski definition) is 2. The van der Waals surface area contributed by atoms with Crippen molar-refractivity contribution in [3.8, 4) is 0 Å². The highest BCUT2D eigenvalue weighted by Crippen LogP contribution is 2.22. The molecule has 0 saturated carbocycles. The van der Waals surface area contributed by atoms with Crippen molar-refractivity contribution >= 4 is 0 Å². The Bertz CT molecular complexity index is 407. The lowest BCUT2D eigenvalue weighted by Crippen LogP contribution is -2.54. The lowest BCUT2D eigenvalue weighted by Gasteiger charge is -2.36. The number of allylic oxidation sites excluding steroid dienone is 2. The zero-order valence-electron chi connectivity index (χ0n) is 19.0. The number of rotatable bonds is 19. The lowest BCUT2D eigenvalue weighted by molar-refractivity contribution is -0.900. The Labute approximate surface area is 175 Å². The summed E-state index contributed by atoms with van der Waals surface area (Å²) in [7, 11) is 0. The van der Waals surface area contributed by atoms with Gasteiger partial charge in [-0.2, -0.15) is 0 Å². The van der Waals surface area contributed by atoms with Gasteiger partial charge in [0.2, 0.25) is 0 Å². The Morgan fingerprint density at radius 3 is 1.96 bits per heavy atom. The Hall–Kier alpha value is -0.800. The van der Waals surface area contributed by atoms with Gasteiger partial charge in [0.15, 0.2) is 6.17 Å². The molecule has 164 valence electrons. The molecule has 0 radical (unpaired) electrons. The third kappa shape index (κ3) is 10.7. The molecular weight excluding hydrogens is 344 g/mol. The van der Waals surface area contributed by atoms with E-state index in [1.54, 1.807) is 0 Å². The van der Waals surface area contributed by atoms with Crippen molar-refractivity contribution in [2.75, 3.05) is 19.7 Å². The second kappa shape index (κ2) is 17.1. The molecule has 0 aromatic carbocycles. The second-order valence-corrected chi connectivity index (χ2v) is 8.59. The maximum Gasteiger partial charge on any atom is 0.166 e. The lowest BCUT2D eigenvalue weighted by atomic mass is 10.1. The maximum atomic E-state index is 9.37. The van der Waals surface area contributed by atoms with Crippen LogP contribution in [0.25, 0.3) is 0 Å². The average Bonchev–Trinajstić information content (AvgIpc) is 3.11. The van der Waals surface area contributed by atoms with Crippen LogP contribution in [0.4, 0.5) is 0 Å². The smallest absolute Gasteiger partial charge is 0.166 e. The van der Waals surface area contributed by atoms with Crippen LogP contribution in [0, 0.1) is 0 Å². The predicted octanol–water partition coefficient (Wildman–Crippen LogP) is 6.64. The topological polar surface area (TPSA) is 32.3 Å². The molecule has 1 aliphatic heterocycles. The van der Waals surface area contributed by atoms with Gasteiger partial charge in [-0.05, 0) is 39.0 Å². The van der Waals surface area contributed by atoms with Gasteiger partial charge in [0.05, 0.1) is 19.4 Å². The zero-order valence-corrected chi connectivity index (χ0v) is 19.0. The predicted molar refractivity (Wildman–Crippen MR) is 123 cm³/mol. The van der Waals surface area contributed by atoms with E-state index in [9.17, 15) is 5.11 Å². The van der Waals surface area contributed by atoms with E-state index < -0.39 is 0 Å². The van der Waals surface area contributed by atoms with Gasteiger partial charge >= 0.3 is 0 Å². The Morgan fingerprint density at radius 2 is 1.39 bits per heavy atom. The van der Waals surface area contributed by atoms with Crippen molar-refractivity contribution in [2.45, 2.75) is 116 Å². The summed E-state index contributed by atoms with van der Waals surface area (Å²) in [6.45, 7) is 6.66. The van der Waals surface area contributed by atoms with Gasteiger partial charge in [-0.15, -0.1) is 0 Å². The highest BCUT2D eigenvalue weighted by atomic mass is 16.3. The van der Waals surface area contributed by atoms with Crippen LogP contribution < -0.4 is 5.32 Å². The molecule has 0 saturated heterocycles. The molecule has 0 spiro atoms. The molecular formula is C25H49N2O+. The van der Waals surface area contributed by atoms with Gasteiger partial charge in [0, 0.05) is 6.42 Å². The van der Waals surface area contributed by atoms with Crippen LogP contribution in [0.5, 0.6) is 0 Å². The third-order valence-corrected chi connectivity index (χ3v) is 6.38. The van der Waals surface area contributed by atoms with Crippen LogP contribution >= 0.6 is 0 Å². The molecule has 3 nitrogen and oxygen atoms in total. The van der Waals surface area contributed by atoms with E-state index in [-0.39, 0.29) is 6.61 Å². The molecule has 3 heteroatoms. The first-order valence-electron chi connectivity index (χ1n) is 12.3. The van der Waals surface area contributed by atoms with E-state index in [1.807, 2.05) is 0 Å². The fourth-order valence-electron chi connectivity index (χ4n) is 4.38. The number of likely N-dealkylation sites (N-methyl/N-ethyl adjacent to an activating group) is 1. The molecule has 0 aromatic rings. The van der Waals surface area contributed by atoms with E-state index in [0.717, 1.165) is 17.6 Å². The van der Waals surface area contributed by atoms with Crippen LogP contribution in [0.1, 0.15) is 110 Å². The van der Waals surface area contributed by atoms with Gasteiger partial charge in [-0.3, -0.25) is 4.48 Å². The third-order valence-electron chi connectivity index (χ3n) is 6.38. The first kappa shape index (κ1) is 25.2. The number of nitrogens with zero attached hydrogens (tertiary/aromatic N) is 1. The molecule has 2 unspecified atom stereocenters. The number of quaternary nitrogens is 1. The summed E-state index contributed by atoms with van der Waals surface area (Å²) < 4.78 is 0.903. The maximum absolute atomic E-state index is 9.37. The molecule has 0 amide bonds. The van der Waals surface area contributed by atoms with Crippen LogP contribution in [0.15, 0.2) is 24.6 Å². The van der Waals surface area contributed by atoms with Crippen molar-refractivity contribution < 1.29 is 9.59 Å². The van der Waals surface area contributed by atoms with E-state index in [0.29, 0.717) is 6.17 Å². The number of nitrogens with one attached hydrogen (secondary N) is 1. The van der Waals surface area contributed by atoms with Gasteiger partial charge in [0.1, 0.15) is 12.7 Å². The number of hydrogen-bond acceptors (Lipinski definition) is 2. The minimum absolute atomic E-state index is 0.267. The molecule has 2 atom stereocenters. The molecule has 0 aromatic heterocycles. The van der Waals surface area contributed by atoms with Crippen LogP contribution in [0.3, 0.4) is 0 Å². The molecule has 0 bridgehead atoms. The highest BCUT2D eigenvalue weighted by molar-refractivity contribution is 4.84. The van der Waals surface area contributed by atoms with E-state index in [2.05, 4.69) is 43.7 Å². The minimum atomic E-state index is 0.267. The molecule has 1 heterocycles. The van der Waals surface area contributed by atoms with Crippen molar-refractivity contribution in [1.29, 1.82) is 0 Å². The fraction of sp³-hybridized carbons (Fsp3) is 0.840. The van der Waals surface area contributed by atoms with Gasteiger partial charge in [-0.1, -0.05) is 76.9 Å². The Kier molecular flexibility index (Phi) is 15.4. The van der Waals surface area contributed by atoms with Crippen LogP contribution in [0.2, 0.25) is 0 Å². The van der Waals surface area contributed by atoms with E-state index in [4.69, 9.17) is 0 Å². The summed E-state index contributed by atoms with van der Waals surface area (Å²) in [5.74, 6) is 0. The normalized spacial score (nSPS) is 21.6. The first-order valence-corrected chi connectivity index (χ1v) is 12.3. The standard InChI is InChI=1S/C25H49N2O/c1-3-5-6-7-8-9-10-11-12-13-14-15-16-17-18-19-20-25-26-21-22-27(25,4-2)23-24-28/h12-13,21-22,25-26,28H,3-11,14-20,23-24H2,1-2H3/q+1/b13-12+. The fourth-order valence-corrected chi connectivity index (χ4v) is 4.38. The highest BCUT2D eigenvalue weighted by Gasteiger charge is 2.35. The Balaban J connectivity index is 1.90. The van der Waals surface area contributed by atoms with Crippen molar-refractivity contribution in [3.05, 3.63) is 24.6 Å². The second-order valence-electron chi connectivity index (χ2n) is 8.59. The monoisotopic (exact) mass is 393 g/mol. The van der Waals surface area contributed by atoms with Gasteiger partial charge in [-0.25, -0.2) is 0 Å². The summed E-state index contributed by atoms with van der Waals surface area (Å²) in [5, 5.41) is 12.9. The van der Waals surface area contributed by atoms with Crippen LogP contribution in [-0.2, 0) is 0 Å². The van der Waals surface area contributed by atoms with Crippen molar-refractivity contribution in [2.24, 2.45) is 0 Å². The largest absolute Gasteiger partial charge is 0.390 e. The average molecular weight is 394 g/mol. The zero-order chi connectivity index (χ0) is 20.3. The number of aliphatic hydroxyl groups is 1.